The molecule has 2 heterocycles. The highest BCUT2D eigenvalue weighted by Gasteiger charge is 2.15. The Morgan fingerprint density at radius 3 is 2.63 bits per heavy atom. The van der Waals surface area contributed by atoms with Crippen molar-refractivity contribution in [1.29, 1.82) is 0 Å². The summed E-state index contributed by atoms with van der Waals surface area (Å²) in [6, 6.07) is 7.82. The van der Waals surface area contributed by atoms with Crippen LogP contribution in [-0.4, -0.2) is 15.9 Å². The van der Waals surface area contributed by atoms with Crippen LogP contribution in [0.2, 0.25) is 0 Å². The predicted molar refractivity (Wildman–Crippen MR) is 79.2 cm³/mol. The Hall–Kier alpha value is -1.79. The largest absolute Gasteiger partial charge is 0.297 e. The Kier molecular flexibility index (Phi) is 3.04. The Bertz CT molecular complexity index is 727. The summed E-state index contributed by atoms with van der Waals surface area (Å²) in [5.41, 5.74) is 1.67. The number of nitrogens with zero attached hydrogens (tertiary/aromatic N) is 2. The van der Waals surface area contributed by atoms with E-state index in [1.807, 2.05) is 38.1 Å². The van der Waals surface area contributed by atoms with Crippen LogP contribution in [0.3, 0.4) is 0 Å². The minimum absolute atomic E-state index is 0.137. The lowest BCUT2D eigenvalue weighted by Crippen LogP contribution is -2.11. The van der Waals surface area contributed by atoms with Gasteiger partial charge in [0.2, 0.25) is 0 Å². The maximum atomic E-state index is 12.2. The van der Waals surface area contributed by atoms with E-state index in [0.717, 1.165) is 20.9 Å². The lowest BCUT2D eigenvalue weighted by Gasteiger charge is -1.98. The highest BCUT2D eigenvalue weighted by molar-refractivity contribution is 7.22. The van der Waals surface area contributed by atoms with Crippen LogP contribution >= 0.6 is 22.7 Å². The first kappa shape index (κ1) is 12.3. The summed E-state index contributed by atoms with van der Waals surface area (Å²) in [5, 5.41) is 4.36. The van der Waals surface area contributed by atoms with Gasteiger partial charge >= 0.3 is 0 Å². The van der Waals surface area contributed by atoms with Gasteiger partial charge in [-0.15, -0.1) is 11.3 Å². The molecule has 0 bridgehead atoms. The fraction of sp³-hybridized carbons (Fsp3) is 0.154. The molecule has 19 heavy (non-hydrogen) atoms. The van der Waals surface area contributed by atoms with E-state index < -0.39 is 0 Å². The highest BCUT2D eigenvalue weighted by Crippen LogP contribution is 2.26. The van der Waals surface area contributed by atoms with Crippen LogP contribution in [0.25, 0.3) is 10.2 Å². The van der Waals surface area contributed by atoms with E-state index in [2.05, 4.69) is 15.3 Å². The van der Waals surface area contributed by atoms with Crippen LogP contribution in [0.1, 0.15) is 20.4 Å². The number of rotatable bonds is 2. The molecule has 0 aliphatic carbocycles. The van der Waals surface area contributed by atoms with Crippen LogP contribution in [-0.2, 0) is 0 Å². The van der Waals surface area contributed by atoms with E-state index in [0.29, 0.717) is 10.0 Å². The predicted octanol–water partition coefficient (Wildman–Crippen LogP) is 3.62. The van der Waals surface area contributed by atoms with Crippen LogP contribution in [0, 0.1) is 13.8 Å². The number of para-hydroxylation sites is 1. The SMILES string of the molecule is Cc1nc(C)c(C(=O)Nc2nc3ccccc3s2)s1. The van der Waals surface area contributed by atoms with Gasteiger partial charge in [0.05, 0.1) is 20.9 Å². The van der Waals surface area contributed by atoms with Gasteiger partial charge in [0.25, 0.3) is 5.91 Å². The molecule has 0 radical (unpaired) electrons. The maximum absolute atomic E-state index is 12.2. The van der Waals surface area contributed by atoms with Crippen molar-refractivity contribution in [2.45, 2.75) is 13.8 Å². The van der Waals surface area contributed by atoms with Crippen molar-refractivity contribution in [2.24, 2.45) is 0 Å². The molecule has 96 valence electrons. The summed E-state index contributed by atoms with van der Waals surface area (Å²) in [6.45, 7) is 3.74. The second kappa shape index (κ2) is 4.71. The van der Waals surface area contributed by atoms with Gasteiger partial charge in [-0.1, -0.05) is 23.5 Å². The molecule has 4 nitrogen and oxygen atoms in total. The molecule has 1 amide bonds. The van der Waals surface area contributed by atoms with E-state index in [4.69, 9.17) is 0 Å². The zero-order chi connectivity index (χ0) is 13.4. The molecule has 0 aliphatic rings. The number of fused-ring (bicyclic) bond motifs is 1. The molecule has 0 saturated heterocycles. The minimum atomic E-state index is -0.137. The minimum Gasteiger partial charge on any atom is -0.297 e. The molecule has 0 unspecified atom stereocenters. The molecule has 0 atom stereocenters. The molecule has 3 aromatic rings. The van der Waals surface area contributed by atoms with Crippen molar-refractivity contribution in [3.63, 3.8) is 0 Å². The topological polar surface area (TPSA) is 54.9 Å². The molecule has 2 aromatic heterocycles. The Morgan fingerprint density at radius 2 is 1.95 bits per heavy atom. The summed E-state index contributed by atoms with van der Waals surface area (Å²) in [4.78, 5) is 21.4. The number of aryl methyl sites for hydroxylation is 2. The second-order valence-electron chi connectivity index (χ2n) is 4.09. The number of aromatic nitrogens is 2. The molecule has 1 N–H and O–H groups in total. The van der Waals surface area contributed by atoms with Gasteiger partial charge in [-0.3, -0.25) is 10.1 Å². The number of benzene rings is 1. The van der Waals surface area contributed by atoms with Gasteiger partial charge in [0.15, 0.2) is 5.13 Å². The van der Waals surface area contributed by atoms with Crippen molar-refractivity contribution in [1.82, 2.24) is 9.97 Å². The Labute approximate surface area is 118 Å². The van der Waals surface area contributed by atoms with E-state index in [1.54, 1.807) is 0 Å². The molecule has 0 fully saturated rings. The summed E-state index contributed by atoms with van der Waals surface area (Å²) >= 11 is 2.88. The van der Waals surface area contributed by atoms with Crippen LogP contribution in [0.4, 0.5) is 5.13 Å². The first-order chi connectivity index (χ1) is 9.13. The molecule has 1 aromatic carbocycles. The number of thiazole rings is 2. The molecular weight excluding hydrogens is 278 g/mol. The zero-order valence-electron chi connectivity index (χ0n) is 10.4. The van der Waals surface area contributed by atoms with Gasteiger partial charge in [-0.05, 0) is 26.0 Å². The molecule has 0 saturated carbocycles. The Balaban J connectivity index is 1.88. The number of amides is 1. The van der Waals surface area contributed by atoms with Crippen molar-refractivity contribution in [3.8, 4) is 0 Å². The average molecular weight is 289 g/mol. The summed E-state index contributed by atoms with van der Waals surface area (Å²) < 4.78 is 1.06. The van der Waals surface area contributed by atoms with Crippen LogP contribution in [0.15, 0.2) is 24.3 Å². The fourth-order valence-electron chi connectivity index (χ4n) is 1.82. The van der Waals surface area contributed by atoms with Crippen LogP contribution < -0.4 is 5.32 Å². The number of carbonyl (C=O) groups excluding carboxylic acids is 1. The highest BCUT2D eigenvalue weighted by atomic mass is 32.1. The van der Waals surface area contributed by atoms with Gasteiger partial charge in [-0.2, -0.15) is 0 Å². The van der Waals surface area contributed by atoms with Crippen molar-refractivity contribution in [3.05, 3.63) is 39.8 Å². The third-order valence-electron chi connectivity index (χ3n) is 2.62. The molecule has 3 rings (SSSR count). The van der Waals surface area contributed by atoms with Gasteiger partial charge in [0.1, 0.15) is 4.88 Å². The third-order valence-corrected chi connectivity index (χ3v) is 4.65. The summed E-state index contributed by atoms with van der Waals surface area (Å²) in [6.07, 6.45) is 0. The normalized spacial score (nSPS) is 10.8. The van der Waals surface area contributed by atoms with E-state index in [-0.39, 0.29) is 5.91 Å². The number of hydrogen-bond acceptors (Lipinski definition) is 5. The maximum Gasteiger partial charge on any atom is 0.269 e. The monoisotopic (exact) mass is 289 g/mol. The van der Waals surface area contributed by atoms with Crippen molar-refractivity contribution < 1.29 is 4.79 Å². The fourth-order valence-corrected chi connectivity index (χ4v) is 3.50. The third kappa shape index (κ3) is 2.36. The van der Waals surface area contributed by atoms with E-state index in [1.165, 1.54) is 22.7 Å². The van der Waals surface area contributed by atoms with Crippen molar-refractivity contribution in [2.75, 3.05) is 5.32 Å². The molecule has 0 spiro atoms. The van der Waals surface area contributed by atoms with Crippen molar-refractivity contribution >= 4 is 43.9 Å². The second-order valence-corrected chi connectivity index (χ2v) is 6.32. The number of anilines is 1. The molecule has 6 heteroatoms. The first-order valence-corrected chi connectivity index (χ1v) is 7.38. The number of carbonyl (C=O) groups is 1. The van der Waals surface area contributed by atoms with E-state index in [9.17, 15) is 4.79 Å². The summed E-state index contributed by atoms with van der Waals surface area (Å²) in [7, 11) is 0. The lowest BCUT2D eigenvalue weighted by molar-refractivity contribution is 0.103. The smallest absolute Gasteiger partial charge is 0.269 e. The molecular formula is C13H11N3OS2. The lowest BCUT2D eigenvalue weighted by atomic mass is 10.3. The molecule has 0 aliphatic heterocycles. The number of nitrogens with one attached hydrogen (secondary N) is 1. The number of hydrogen-bond donors (Lipinski definition) is 1. The quantitative estimate of drug-likeness (QED) is 0.784. The zero-order valence-corrected chi connectivity index (χ0v) is 12.1. The van der Waals surface area contributed by atoms with Gasteiger partial charge in [-0.25, -0.2) is 9.97 Å². The Morgan fingerprint density at radius 1 is 1.16 bits per heavy atom. The van der Waals surface area contributed by atoms with Crippen LogP contribution in [0.5, 0.6) is 0 Å². The van der Waals surface area contributed by atoms with Gasteiger partial charge in [0, 0.05) is 0 Å². The van der Waals surface area contributed by atoms with Gasteiger partial charge < -0.3 is 0 Å². The standard InChI is InChI=1S/C13H11N3OS2/c1-7-11(18-8(2)14-7)12(17)16-13-15-9-5-3-4-6-10(9)19-13/h3-6H,1-2H3,(H,15,16,17). The summed E-state index contributed by atoms with van der Waals surface area (Å²) in [5.74, 6) is -0.137. The average Bonchev–Trinajstić information content (AvgIpc) is 2.91. The first-order valence-electron chi connectivity index (χ1n) is 5.74. The van der Waals surface area contributed by atoms with E-state index >= 15 is 0 Å².